The molecule has 7 heteroatoms. The Morgan fingerprint density at radius 1 is 1.00 bits per heavy atom. The summed E-state index contributed by atoms with van der Waals surface area (Å²) < 4.78 is 10.6. The number of rotatable bonds is 9. The Hall–Kier alpha value is -3.48. The van der Waals surface area contributed by atoms with Crippen LogP contribution in [0.5, 0.6) is 11.5 Å². The number of methoxy groups -OCH3 is 2. The van der Waals surface area contributed by atoms with Crippen LogP contribution in [0, 0.1) is 0 Å². The normalized spacial score (nSPS) is 11.3. The van der Waals surface area contributed by atoms with Crippen molar-refractivity contribution in [2.24, 2.45) is 10.7 Å². The molecule has 1 heterocycles. The summed E-state index contributed by atoms with van der Waals surface area (Å²) in [6.45, 7) is 1.94. The minimum atomic E-state index is 0.429. The standard InChI is InChI=1S/C22H27N5O2/c1-28-19-9-7-16(15-20(19)29-2)11-12-25-22(23)26-14-13-24-21-10-8-17-5-3-4-6-18(17)27-21/h3-10,15H,11-14H2,1-2H3,(H,24,27)(H3,23,25,26). The zero-order valence-electron chi connectivity index (χ0n) is 16.8. The summed E-state index contributed by atoms with van der Waals surface area (Å²) in [4.78, 5) is 8.95. The Bertz CT molecular complexity index is 974. The van der Waals surface area contributed by atoms with Crippen molar-refractivity contribution in [3.8, 4) is 11.5 Å². The third-order valence-corrected chi connectivity index (χ3v) is 4.47. The molecule has 0 amide bonds. The number of anilines is 1. The molecule has 29 heavy (non-hydrogen) atoms. The molecular formula is C22H27N5O2. The monoisotopic (exact) mass is 393 g/mol. The zero-order chi connectivity index (χ0) is 20.5. The van der Waals surface area contributed by atoms with Gasteiger partial charge < -0.3 is 25.8 Å². The van der Waals surface area contributed by atoms with E-state index in [0.29, 0.717) is 37.1 Å². The first kappa shape index (κ1) is 20.3. The van der Waals surface area contributed by atoms with Gasteiger partial charge in [-0.1, -0.05) is 24.3 Å². The first-order chi connectivity index (χ1) is 14.2. The van der Waals surface area contributed by atoms with Crippen LogP contribution < -0.4 is 25.8 Å². The fourth-order valence-electron chi connectivity index (χ4n) is 2.94. The number of aromatic nitrogens is 1. The van der Waals surface area contributed by atoms with Gasteiger partial charge in [0.1, 0.15) is 5.82 Å². The second kappa shape index (κ2) is 10.2. The smallest absolute Gasteiger partial charge is 0.188 e. The van der Waals surface area contributed by atoms with E-state index < -0.39 is 0 Å². The number of pyridine rings is 1. The van der Waals surface area contributed by atoms with E-state index in [-0.39, 0.29) is 0 Å². The van der Waals surface area contributed by atoms with Gasteiger partial charge in [0.15, 0.2) is 17.5 Å². The number of hydrogen-bond donors (Lipinski definition) is 3. The number of nitrogens with two attached hydrogens (primary N) is 1. The van der Waals surface area contributed by atoms with Gasteiger partial charge in [-0.05, 0) is 42.3 Å². The Morgan fingerprint density at radius 3 is 2.66 bits per heavy atom. The van der Waals surface area contributed by atoms with Crippen LogP contribution in [0.4, 0.5) is 5.82 Å². The second-order valence-corrected chi connectivity index (χ2v) is 6.45. The quantitative estimate of drug-likeness (QED) is 0.294. The summed E-state index contributed by atoms with van der Waals surface area (Å²) in [6, 6.07) is 17.9. The van der Waals surface area contributed by atoms with Crippen molar-refractivity contribution in [2.45, 2.75) is 6.42 Å². The van der Waals surface area contributed by atoms with Crippen molar-refractivity contribution >= 4 is 22.7 Å². The molecule has 3 aromatic rings. The van der Waals surface area contributed by atoms with E-state index in [1.807, 2.05) is 48.5 Å². The Kier molecular flexibility index (Phi) is 7.10. The third kappa shape index (κ3) is 5.75. The molecule has 0 saturated heterocycles. The van der Waals surface area contributed by atoms with Crippen LogP contribution in [-0.2, 0) is 6.42 Å². The van der Waals surface area contributed by atoms with E-state index in [2.05, 4.69) is 26.7 Å². The summed E-state index contributed by atoms with van der Waals surface area (Å²) in [5.41, 5.74) is 8.03. The highest BCUT2D eigenvalue weighted by molar-refractivity contribution is 5.80. The lowest BCUT2D eigenvalue weighted by Crippen LogP contribution is -2.35. The Labute approximate surface area is 171 Å². The highest BCUT2D eigenvalue weighted by Crippen LogP contribution is 2.27. The molecule has 0 unspecified atom stereocenters. The average molecular weight is 393 g/mol. The number of aliphatic imine (C=N–C) groups is 1. The van der Waals surface area contributed by atoms with E-state index in [4.69, 9.17) is 15.2 Å². The minimum absolute atomic E-state index is 0.429. The third-order valence-electron chi connectivity index (χ3n) is 4.47. The SMILES string of the molecule is COc1ccc(CCN=C(N)NCCNc2ccc3ccccc3n2)cc1OC. The number of nitrogens with one attached hydrogen (secondary N) is 2. The molecule has 0 aliphatic rings. The van der Waals surface area contributed by atoms with E-state index >= 15 is 0 Å². The van der Waals surface area contributed by atoms with Crippen LogP contribution in [0.25, 0.3) is 10.9 Å². The second-order valence-electron chi connectivity index (χ2n) is 6.45. The number of ether oxygens (including phenoxy) is 2. The summed E-state index contributed by atoms with van der Waals surface area (Å²) in [5, 5.41) is 7.52. The molecule has 3 rings (SSSR count). The topological polar surface area (TPSA) is 93.8 Å². The Morgan fingerprint density at radius 2 is 1.83 bits per heavy atom. The molecule has 0 bridgehead atoms. The van der Waals surface area contributed by atoms with Crippen molar-refractivity contribution in [3.05, 3.63) is 60.2 Å². The summed E-state index contributed by atoms with van der Waals surface area (Å²) in [7, 11) is 3.25. The van der Waals surface area contributed by atoms with Crippen LogP contribution in [0.15, 0.2) is 59.6 Å². The molecule has 0 radical (unpaired) electrons. The van der Waals surface area contributed by atoms with Crippen LogP contribution in [0.1, 0.15) is 5.56 Å². The predicted octanol–water partition coefficient (Wildman–Crippen LogP) is 2.81. The lowest BCUT2D eigenvalue weighted by atomic mass is 10.1. The molecule has 4 N–H and O–H groups in total. The fourth-order valence-corrected chi connectivity index (χ4v) is 2.94. The number of hydrogen-bond acceptors (Lipinski definition) is 5. The molecule has 1 aromatic heterocycles. The van der Waals surface area contributed by atoms with Gasteiger partial charge >= 0.3 is 0 Å². The van der Waals surface area contributed by atoms with Gasteiger partial charge in [-0.2, -0.15) is 0 Å². The Balaban J connectivity index is 1.40. The van der Waals surface area contributed by atoms with Crippen LogP contribution >= 0.6 is 0 Å². The van der Waals surface area contributed by atoms with Crippen molar-refractivity contribution in [1.29, 1.82) is 0 Å². The maximum Gasteiger partial charge on any atom is 0.188 e. The molecule has 7 nitrogen and oxygen atoms in total. The molecule has 0 aliphatic carbocycles. The van der Waals surface area contributed by atoms with E-state index in [1.165, 1.54) is 0 Å². The highest BCUT2D eigenvalue weighted by Gasteiger charge is 2.04. The van der Waals surface area contributed by atoms with E-state index in [0.717, 1.165) is 28.7 Å². The molecule has 0 atom stereocenters. The first-order valence-corrected chi connectivity index (χ1v) is 9.54. The van der Waals surface area contributed by atoms with Crippen LogP contribution in [0.3, 0.4) is 0 Å². The molecule has 0 spiro atoms. The van der Waals surface area contributed by atoms with Gasteiger partial charge in [0.25, 0.3) is 0 Å². The molecule has 152 valence electrons. The summed E-state index contributed by atoms with van der Waals surface area (Å²) in [6.07, 6.45) is 0.766. The fraction of sp³-hybridized carbons (Fsp3) is 0.273. The average Bonchev–Trinajstić information content (AvgIpc) is 2.76. The van der Waals surface area contributed by atoms with Gasteiger partial charge in [-0.3, -0.25) is 4.99 Å². The van der Waals surface area contributed by atoms with Gasteiger partial charge in [0.05, 0.1) is 19.7 Å². The number of nitrogens with zero attached hydrogens (tertiary/aromatic N) is 2. The molecular weight excluding hydrogens is 366 g/mol. The van der Waals surface area contributed by atoms with Crippen molar-refractivity contribution in [3.63, 3.8) is 0 Å². The first-order valence-electron chi connectivity index (χ1n) is 9.54. The van der Waals surface area contributed by atoms with Crippen molar-refractivity contribution in [1.82, 2.24) is 10.3 Å². The largest absolute Gasteiger partial charge is 0.493 e. The van der Waals surface area contributed by atoms with Crippen molar-refractivity contribution in [2.75, 3.05) is 39.2 Å². The predicted molar refractivity (Wildman–Crippen MR) is 118 cm³/mol. The van der Waals surface area contributed by atoms with E-state index in [1.54, 1.807) is 14.2 Å². The molecule has 0 fully saturated rings. The molecule has 0 aliphatic heterocycles. The number of fused-ring (bicyclic) bond motifs is 1. The molecule has 0 saturated carbocycles. The lowest BCUT2D eigenvalue weighted by molar-refractivity contribution is 0.354. The van der Waals surface area contributed by atoms with Gasteiger partial charge in [-0.25, -0.2) is 4.98 Å². The summed E-state index contributed by atoms with van der Waals surface area (Å²) in [5.74, 6) is 2.70. The zero-order valence-corrected chi connectivity index (χ0v) is 16.8. The van der Waals surface area contributed by atoms with Crippen LogP contribution in [0.2, 0.25) is 0 Å². The summed E-state index contributed by atoms with van der Waals surface area (Å²) >= 11 is 0. The molecule has 2 aromatic carbocycles. The number of benzene rings is 2. The van der Waals surface area contributed by atoms with E-state index in [9.17, 15) is 0 Å². The number of para-hydroxylation sites is 1. The maximum atomic E-state index is 5.94. The van der Waals surface area contributed by atoms with Gasteiger partial charge in [-0.15, -0.1) is 0 Å². The van der Waals surface area contributed by atoms with Gasteiger partial charge in [0.2, 0.25) is 0 Å². The van der Waals surface area contributed by atoms with Crippen molar-refractivity contribution < 1.29 is 9.47 Å². The number of guanidine groups is 1. The lowest BCUT2D eigenvalue weighted by Gasteiger charge is -2.10. The van der Waals surface area contributed by atoms with Gasteiger partial charge in [0, 0.05) is 25.0 Å². The minimum Gasteiger partial charge on any atom is -0.493 e. The van der Waals surface area contributed by atoms with Crippen LogP contribution in [-0.4, -0.2) is 44.8 Å². The maximum absolute atomic E-state index is 5.94. The highest BCUT2D eigenvalue weighted by atomic mass is 16.5.